The van der Waals surface area contributed by atoms with Crippen molar-refractivity contribution in [2.75, 3.05) is 0 Å². The second kappa shape index (κ2) is 8.33. The Balaban J connectivity index is 1.54. The van der Waals surface area contributed by atoms with Crippen molar-refractivity contribution in [1.82, 2.24) is 9.13 Å². The summed E-state index contributed by atoms with van der Waals surface area (Å²) in [5, 5.41) is 26.5. The molecule has 2 heterocycles. The van der Waals surface area contributed by atoms with Crippen molar-refractivity contribution in [3.63, 3.8) is 0 Å². The van der Waals surface area contributed by atoms with Gasteiger partial charge in [-0.2, -0.15) is 10.5 Å². The largest absolute Gasteiger partial charge is 0.309 e. The molecule has 0 fully saturated rings. The molecular formula is C36H20N4. The van der Waals surface area contributed by atoms with Gasteiger partial charge in [0.05, 0.1) is 45.0 Å². The summed E-state index contributed by atoms with van der Waals surface area (Å²) in [5.74, 6) is 0. The number of rotatable bonds is 2. The summed E-state index contributed by atoms with van der Waals surface area (Å²) >= 11 is 0. The van der Waals surface area contributed by atoms with E-state index in [4.69, 9.17) is 0 Å². The van der Waals surface area contributed by atoms with Gasteiger partial charge >= 0.3 is 0 Å². The Morgan fingerprint density at radius 1 is 0.475 bits per heavy atom. The Kier molecular flexibility index (Phi) is 4.62. The molecule has 4 heteroatoms. The fourth-order valence-electron chi connectivity index (χ4n) is 6.26. The van der Waals surface area contributed by atoms with Crippen molar-refractivity contribution in [1.29, 1.82) is 10.5 Å². The summed E-state index contributed by atoms with van der Waals surface area (Å²) in [4.78, 5) is 0. The van der Waals surface area contributed by atoms with Crippen LogP contribution in [0, 0.1) is 22.7 Å². The number of para-hydroxylation sites is 2. The fraction of sp³-hybridized carbons (Fsp3) is 0. The van der Waals surface area contributed by atoms with E-state index in [1.54, 1.807) is 12.1 Å². The SMILES string of the molecule is N#Cc1ccc(-n2c3ccccc3c3c4c5ccccc5n(-c5ccc6ccccc6c5)c4ccc32)c(C#N)c1. The second-order valence-corrected chi connectivity index (χ2v) is 10.0. The number of nitriles is 2. The standard InChI is InChI=1S/C36H20N4/c37-21-23-13-16-30(26(19-23)22-38)40-32-12-6-4-10-29(32)36-34(40)18-17-33-35(36)28-9-3-5-11-31(28)39(33)27-15-14-24-7-1-2-8-25(24)20-27/h1-20H. The normalized spacial score (nSPS) is 11.4. The lowest BCUT2D eigenvalue weighted by atomic mass is 10.1. The molecule has 0 N–H and O–H groups in total. The molecule has 0 saturated carbocycles. The smallest absolute Gasteiger partial charge is 0.101 e. The molecular weight excluding hydrogens is 488 g/mol. The minimum absolute atomic E-state index is 0.473. The monoisotopic (exact) mass is 508 g/mol. The van der Waals surface area contributed by atoms with Crippen molar-refractivity contribution >= 4 is 54.4 Å². The van der Waals surface area contributed by atoms with Crippen LogP contribution in [0.1, 0.15) is 11.1 Å². The van der Waals surface area contributed by atoms with E-state index in [-0.39, 0.29) is 0 Å². The Morgan fingerprint density at radius 2 is 1.10 bits per heavy atom. The average Bonchev–Trinajstić information content (AvgIpc) is 3.53. The van der Waals surface area contributed by atoms with Crippen LogP contribution in [0.25, 0.3) is 65.8 Å². The molecule has 4 nitrogen and oxygen atoms in total. The third-order valence-electron chi connectivity index (χ3n) is 7.95. The van der Waals surface area contributed by atoms with Crippen LogP contribution in [-0.4, -0.2) is 9.13 Å². The van der Waals surface area contributed by atoms with Crippen molar-refractivity contribution in [2.45, 2.75) is 0 Å². The first kappa shape index (κ1) is 22.2. The molecule has 0 amide bonds. The Labute approximate surface area is 229 Å². The maximum atomic E-state index is 10.0. The van der Waals surface area contributed by atoms with Gasteiger partial charge in [-0.05, 0) is 65.4 Å². The molecule has 0 spiro atoms. The molecule has 0 aliphatic heterocycles. The number of nitrogens with zero attached hydrogens (tertiary/aromatic N) is 4. The van der Waals surface area contributed by atoms with Crippen LogP contribution in [-0.2, 0) is 0 Å². The van der Waals surface area contributed by atoms with Crippen molar-refractivity contribution in [3.05, 3.63) is 132 Å². The molecule has 0 unspecified atom stereocenters. The van der Waals surface area contributed by atoms with Crippen LogP contribution in [0.4, 0.5) is 0 Å². The van der Waals surface area contributed by atoms with Crippen molar-refractivity contribution < 1.29 is 0 Å². The number of benzene rings is 6. The van der Waals surface area contributed by atoms with Crippen LogP contribution < -0.4 is 0 Å². The number of hydrogen-bond acceptors (Lipinski definition) is 2. The third kappa shape index (κ3) is 2.99. The van der Waals surface area contributed by atoms with Gasteiger partial charge in [0, 0.05) is 27.2 Å². The Bertz CT molecular complexity index is 2410. The summed E-state index contributed by atoms with van der Waals surface area (Å²) in [5.41, 5.74) is 7.16. The lowest BCUT2D eigenvalue weighted by Gasteiger charge is -2.11. The maximum Gasteiger partial charge on any atom is 0.101 e. The van der Waals surface area contributed by atoms with E-state index in [0.29, 0.717) is 11.1 Å². The van der Waals surface area contributed by atoms with Gasteiger partial charge in [0.25, 0.3) is 0 Å². The van der Waals surface area contributed by atoms with Crippen LogP contribution in [0.2, 0.25) is 0 Å². The van der Waals surface area contributed by atoms with Crippen LogP contribution in [0.15, 0.2) is 121 Å². The highest BCUT2D eigenvalue weighted by Gasteiger charge is 2.21. The second-order valence-electron chi connectivity index (χ2n) is 10.0. The number of aromatic nitrogens is 2. The molecule has 0 bridgehead atoms. The van der Waals surface area contributed by atoms with Crippen LogP contribution >= 0.6 is 0 Å². The number of fused-ring (bicyclic) bond motifs is 8. The summed E-state index contributed by atoms with van der Waals surface area (Å²) in [6.45, 7) is 0. The maximum absolute atomic E-state index is 10.0. The van der Waals surface area contributed by atoms with Gasteiger partial charge < -0.3 is 9.13 Å². The van der Waals surface area contributed by atoms with Crippen LogP contribution in [0.3, 0.4) is 0 Å². The molecule has 184 valence electrons. The first-order valence-electron chi connectivity index (χ1n) is 13.2. The molecule has 8 rings (SSSR count). The first-order chi connectivity index (χ1) is 19.8. The van der Waals surface area contributed by atoms with Gasteiger partial charge in [-0.25, -0.2) is 0 Å². The molecule has 0 saturated heterocycles. The number of hydrogen-bond donors (Lipinski definition) is 0. The molecule has 0 aliphatic rings. The zero-order chi connectivity index (χ0) is 26.8. The third-order valence-corrected chi connectivity index (χ3v) is 7.95. The van der Waals surface area contributed by atoms with Gasteiger partial charge in [-0.15, -0.1) is 0 Å². The topological polar surface area (TPSA) is 57.4 Å². The van der Waals surface area contributed by atoms with Gasteiger partial charge in [0.15, 0.2) is 0 Å². The highest BCUT2D eigenvalue weighted by molar-refractivity contribution is 6.29. The van der Waals surface area contributed by atoms with Gasteiger partial charge in [0.2, 0.25) is 0 Å². The fourth-order valence-corrected chi connectivity index (χ4v) is 6.26. The zero-order valence-corrected chi connectivity index (χ0v) is 21.3. The lowest BCUT2D eigenvalue weighted by molar-refractivity contribution is 1.16. The highest BCUT2D eigenvalue weighted by Crippen LogP contribution is 2.42. The van der Waals surface area contributed by atoms with E-state index >= 15 is 0 Å². The minimum atomic E-state index is 0.473. The molecule has 8 aromatic rings. The molecule has 6 aromatic carbocycles. The molecule has 0 atom stereocenters. The quantitative estimate of drug-likeness (QED) is 0.234. The Hall–Kier alpha value is -5.84. The highest BCUT2D eigenvalue weighted by atomic mass is 15.0. The lowest BCUT2D eigenvalue weighted by Crippen LogP contribution is -1.98. The summed E-state index contributed by atoms with van der Waals surface area (Å²) in [6, 6.07) is 46.2. The summed E-state index contributed by atoms with van der Waals surface area (Å²) in [6.07, 6.45) is 0. The minimum Gasteiger partial charge on any atom is -0.309 e. The van der Waals surface area contributed by atoms with E-state index in [1.807, 2.05) is 12.1 Å². The summed E-state index contributed by atoms with van der Waals surface area (Å²) in [7, 11) is 0. The van der Waals surface area contributed by atoms with Crippen LogP contribution in [0.5, 0.6) is 0 Å². The molecule has 40 heavy (non-hydrogen) atoms. The van der Waals surface area contributed by atoms with E-state index in [0.717, 1.165) is 44.2 Å². The molecule has 0 radical (unpaired) electrons. The molecule has 2 aromatic heterocycles. The van der Waals surface area contributed by atoms with E-state index in [9.17, 15) is 10.5 Å². The van der Waals surface area contributed by atoms with Crippen molar-refractivity contribution in [3.8, 4) is 23.5 Å². The van der Waals surface area contributed by atoms with E-state index in [2.05, 4.69) is 118 Å². The predicted molar refractivity (Wildman–Crippen MR) is 162 cm³/mol. The predicted octanol–water partition coefficient (Wildman–Crippen LogP) is 8.78. The summed E-state index contributed by atoms with van der Waals surface area (Å²) < 4.78 is 4.51. The first-order valence-corrected chi connectivity index (χ1v) is 13.2. The van der Waals surface area contributed by atoms with Gasteiger partial charge in [-0.3, -0.25) is 0 Å². The zero-order valence-electron chi connectivity index (χ0n) is 21.3. The average molecular weight is 509 g/mol. The Morgan fingerprint density at radius 3 is 1.80 bits per heavy atom. The van der Waals surface area contributed by atoms with Gasteiger partial charge in [-0.1, -0.05) is 66.7 Å². The van der Waals surface area contributed by atoms with E-state index in [1.165, 1.54) is 21.5 Å². The van der Waals surface area contributed by atoms with Gasteiger partial charge in [0.1, 0.15) is 6.07 Å². The molecule has 0 aliphatic carbocycles. The van der Waals surface area contributed by atoms with E-state index < -0.39 is 0 Å². The van der Waals surface area contributed by atoms with Crippen molar-refractivity contribution in [2.24, 2.45) is 0 Å².